The summed E-state index contributed by atoms with van der Waals surface area (Å²) in [5, 5.41) is 0. The molecular weight excluding hydrogens is 223 g/mol. The van der Waals surface area contributed by atoms with Crippen LogP contribution < -0.4 is 51.4 Å². The Hall–Kier alpha value is 2.99. The van der Waals surface area contributed by atoms with Crippen molar-refractivity contribution in [1.29, 1.82) is 0 Å². The molecule has 0 amide bonds. The predicted molar refractivity (Wildman–Crippen MR) is 16.2 cm³/mol. The first-order valence-electron chi connectivity index (χ1n) is 0.667. The molecule has 0 saturated heterocycles. The van der Waals surface area contributed by atoms with Crippen LogP contribution in [0.4, 0.5) is 0 Å². The molecule has 0 atom stereocenters. The van der Waals surface area contributed by atoms with Gasteiger partial charge >= 0.3 is 96.9 Å². The summed E-state index contributed by atoms with van der Waals surface area (Å²) in [4.78, 5) is 0. The van der Waals surface area contributed by atoms with Crippen LogP contribution in [0.25, 0.3) is 0 Å². The van der Waals surface area contributed by atoms with Crippen LogP contribution in [-0.4, -0.2) is 63.0 Å². The summed E-state index contributed by atoms with van der Waals surface area (Å²) in [6, 6.07) is 0. The van der Waals surface area contributed by atoms with Gasteiger partial charge in [0.1, 0.15) is 0 Å². The van der Waals surface area contributed by atoms with Crippen molar-refractivity contribution in [3.8, 4) is 0 Å². The number of hydrogen-bond acceptors (Lipinski definition) is 4. The fourth-order valence-corrected chi connectivity index (χ4v) is 0. The van der Waals surface area contributed by atoms with Gasteiger partial charge < -0.3 is 9.11 Å². The molecule has 4 nitrogen and oxygen atoms in total. The molecule has 7 heavy (non-hydrogen) atoms. The van der Waals surface area contributed by atoms with Gasteiger partial charge in [-0.15, -0.1) is 0 Å². The molecule has 0 saturated carbocycles. The second kappa shape index (κ2) is 7.10. The van der Waals surface area contributed by atoms with Gasteiger partial charge in [0.05, 0.1) is 0 Å². The largest absolute Gasteiger partial charge is 2.00 e. The average molecular weight is 223 g/mol. The van der Waals surface area contributed by atoms with Crippen molar-refractivity contribution < 1.29 is 68.9 Å². The molecule has 0 bridgehead atoms. The Morgan fingerprint density at radius 1 is 1.14 bits per heavy atom. The van der Waals surface area contributed by atoms with E-state index >= 15 is 0 Å². The van der Waals surface area contributed by atoms with Crippen LogP contribution in [0.5, 0.6) is 0 Å². The summed E-state index contributed by atoms with van der Waals surface area (Å²) >= 11 is 0. The molecule has 0 fully saturated rings. The number of rotatable bonds is 0. The molecule has 0 aliphatic rings. The molecule has 0 aliphatic carbocycles. The predicted octanol–water partition coefficient (Wildman–Crippen LogP) is -4.71. The van der Waals surface area contributed by atoms with E-state index in [4.69, 9.17) is 17.5 Å². The van der Waals surface area contributed by atoms with E-state index in [0.717, 1.165) is 0 Å². The fraction of sp³-hybridized carbons (Fsp3) is 0. The van der Waals surface area contributed by atoms with Crippen molar-refractivity contribution >= 4 is 55.9 Å². The Morgan fingerprint density at radius 3 is 1.14 bits per heavy atom. The molecule has 7 heteroatoms. The maximum Gasteiger partial charge on any atom is 2.00 e. The minimum atomic E-state index is -5.17. The third-order valence-corrected chi connectivity index (χ3v) is 0. The third-order valence-electron chi connectivity index (χ3n) is 0. The van der Waals surface area contributed by atoms with Crippen molar-refractivity contribution in [2.45, 2.75) is 0 Å². The molecule has 0 aromatic carbocycles. The molecular formula is KO4SSr+. The maximum atomic E-state index is 8.52. The first kappa shape index (κ1) is 16.5. The molecule has 0 radical (unpaired) electrons. The first-order valence-corrected chi connectivity index (χ1v) is 2.00. The van der Waals surface area contributed by atoms with Gasteiger partial charge in [-0.25, -0.2) is 0 Å². The van der Waals surface area contributed by atoms with Crippen LogP contribution in [0, 0.1) is 0 Å². The Bertz CT molecular complexity index is 94.9. The van der Waals surface area contributed by atoms with Gasteiger partial charge in [0.25, 0.3) is 0 Å². The Balaban J connectivity index is -0.0000000800. The van der Waals surface area contributed by atoms with Gasteiger partial charge in [-0.05, 0) is 0 Å². The summed E-state index contributed by atoms with van der Waals surface area (Å²) in [7, 11) is -5.17. The summed E-state index contributed by atoms with van der Waals surface area (Å²) < 4.78 is 34.1. The van der Waals surface area contributed by atoms with Gasteiger partial charge in [0.15, 0.2) is 0 Å². The van der Waals surface area contributed by atoms with Crippen molar-refractivity contribution in [1.82, 2.24) is 0 Å². The molecule has 0 aliphatic heterocycles. The van der Waals surface area contributed by atoms with Crippen molar-refractivity contribution in [2.24, 2.45) is 0 Å². The van der Waals surface area contributed by atoms with Gasteiger partial charge in [0.2, 0.25) is 0 Å². The summed E-state index contributed by atoms with van der Waals surface area (Å²) in [6.07, 6.45) is 0. The van der Waals surface area contributed by atoms with Crippen molar-refractivity contribution in [2.75, 3.05) is 0 Å². The Labute approximate surface area is 121 Å². The second-order valence-corrected chi connectivity index (χ2v) is 1.22. The van der Waals surface area contributed by atoms with Crippen LogP contribution in [0.1, 0.15) is 0 Å². The van der Waals surface area contributed by atoms with E-state index < -0.39 is 10.4 Å². The zero-order valence-electron chi connectivity index (χ0n) is 3.75. The molecule has 0 spiro atoms. The van der Waals surface area contributed by atoms with E-state index in [1.54, 1.807) is 0 Å². The monoisotopic (exact) mass is 223 g/mol. The van der Waals surface area contributed by atoms with E-state index in [9.17, 15) is 0 Å². The van der Waals surface area contributed by atoms with Crippen molar-refractivity contribution in [3.05, 3.63) is 0 Å². The topological polar surface area (TPSA) is 80.3 Å². The minimum absolute atomic E-state index is 0. The molecule has 0 unspecified atom stereocenters. The van der Waals surface area contributed by atoms with Crippen LogP contribution >= 0.6 is 0 Å². The van der Waals surface area contributed by atoms with E-state index in [1.807, 2.05) is 0 Å². The van der Waals surface area contributed by atoms with Crippen LogP contribution in [0.2, 0.25) is 0 Å². The zero-order chi connectivity index (χ0) is 4.50. The van der Waals surface area contributed by atoms with E-state index in [1.165, 1.54) is 0 Å². The zero-order valence-corrected chi connectivity index (χ0v) is 11.2. The molecule has 0 heterocycles. The normalized spacial score (nSPS) is 8.29. The van der Waals surface area contributed by atoms with Gasteiger partial charge in [-0.2, -0.15) is 0 Å². The summed E-state index contributed by atoms with van der Waals surface area (Å²) in [6.45, 7) is 0. The first-order chi connectivity index (χ1) is 2.00. The van der Waals surface area contributed by atoms with Crippen LogP contribution in [0.15, 0.2) is 0 Å². The second-order valence-electron chi connectivity index (χ2n) is 0.408. The fourth-order valence-electron chi connectivity index (χ4n) is 0. The smallest absolute Gasteiger partial charge is 0.759 e. The Kier molecular flexibility index (Phi) is 16.8. The SMILES string of the molecule is O=S(=O)([O-])[O-].[K+].[Sr+2]. The van der Waals surface area contributed by atoms with Gasteiger partial charge in [-0.1, -0.05) is 0 Å². The van der Waals surface area contributed by atoms with E-state index in [2.05, 4.69) is 0 Å². The standard InChI is InChI=1S/K.H2O4S.Sr/c;1-5(2,3)4;/h;(H2,1,2,3,4);/q+1;;+2/p-2. The number of hydrogen-bond donors (Lipinski definition) is 0. The summed E-state index contributed by atoms with van der Waals surface area (Å²) in [5.41, 5.74) is 0. The van der Waals surface area contributed by atoms with Crippen LogP contribution in [0.3, 0.4) is 0 Å². The van der Waals surface area contributed by atoms with Gasteiger partial charge in [-0.3, -0.25) is 8.42 Å². The average Bonchev–Trinajstić information content (AvgIpc) is 0.722. The quantitative estimate of drug-likeness (QED) is 0.234. The molecule has 0 N–H and O–H groups in total. The van der Waals surface area contributed by atoms with E-state index in [0.29, 0.717) is 0 Å². The molecule has 0 aromatic rings. The minimum Gasteiger partial charge on any atom is -0.759 e. The van der Waals surface area contributed by atoms with Crippen molar-refractivity contribution in [3.63, 3.8) is 0 Å². The molecule has 0 aromatic heterocycles. The van der Waals surface area contributed by atoms with E-state index in [-0.39, 0.29) is 96.9 Å². The maximum absolute atomic E-state index is 8.52. The van der Waals surface area contributed by atoms with Crippen LogP contribution in [-0.2, 0) is 10.4 Å². The summed E-state index contributed by atoms with van der Waals surface area (Å²) in [5.74, 6) is 0. The molecule has 0 rings (SSSR count). The Morgan fingerprint density at radius 2 is 1.14 bits per heavy atom. The molecule has 32 valence electrons. The van der Waals surface area contributed by atoms with Gasteiger partial charge in [0, 0.05) is 10.4 Å². The third kappa shape index (κ3) is 49.2.